The van der Waals surface area contributed by atoms with E-state index in [0.717, 1.165) is 16.9 Å². The number of methoxy groups -OCH3 is 1. The molecule has 0 saturated heterocycles. The van der Waals surface area contributed by atoms with Gasteiger partial charge in [-0.2, -0.15) is 4.52 Å². The van der Waals surface area contributed by atoms with Crippen LogP contribution < -0.4 is 14.8 Å². The van der Waals surface area contributed by atoms with E-state index in [1.54, 1.807) is 29.8 Å². The smallest absolute Gasteiger partial charge is 0.251 e. The molecule has 152 valence electrons. The molecule has 0 aliphatic rings. The zero-order valence-corrected chi connectivity index (χ0v) is 16.7. The average Bonchev–Trinajstić information content (AvgIpc) is 3.20. The van der Waals surface area contributed by atoms with Crippen molar-refractivity contribution in [1.29, 1.82) is 0 Å². The van der Waals surface area contributed by atoms with Crippen molar-refractivity contribution in [3.8, 4) is 23.0 Å². The number of fused-ring (bicyclic) bond motifs is 1. The Labute approximate surface area is 173 Å². The number of amides is 1. The molecule has 1 N–H and O–H groups in total. The molecule has 1 amide bonds. The molecule has 0 radical (unpaired) electrons. The van der Waals surface area contributed by atoms with E-state index in [9.17, 15) is 4.79 Å². The van der Waals surface area contributed by atoms with E-state index in [1.165, 1.54) is 0 Å². The summed E-state index contributed by atoms with van der Waals surface area (Å²) in [5, 5.41) is 15.7. The summed E-state index contributed by atoms with van der Waals surface area (Å²) in [6.07, 6.45) is 0. The lowest BCUT2D eigenvalue weighted by molar-refractivity contribution is 0.0946. The largest absolute Gasteiger partial charge is 0.497 e. The van der Waals surface area contributed by atoms with Crippen LogP contribution in [0.1, 0.15) is 15.9 Å². The van der Waals surface area contributed by atoms with Gasteiger partial charge < -0.3 is 14.8 Å². The molecule has 2 aromatic carbocycles. The fourth-order valence-electron chi connectivity index (χ4n) is 3.03. The van der Waals surface area contributed by atoms with E-state index < -0.39 is 0 Å². The number of nitrogens with one attached hydrogen (secondary N) is 1. The number of hydrogen-bond acceptors (Lipinski definition) is 6. The van der Waals surface area contributed by atoms with Crippen molar-refractivity contribution in [2.45, 2.75) is 6.92 Å². The molecule has 0 saturated carbocycles. The zero-order valence-electron chi connectivity index (χ0n) is 16.7. The SMILES string of the molecule is COc1cccc(-c2nnc3ccc(OCCNC(=O)c4ccccc4C)nn23)c1. The molecular weight excluding hydrogens is 382 g/mol. The summed E-state index contributed by atoms with van der Waals surface area (Å²) in [4.78, 5) is 12.3. The minimum atomic E-state index is -0.126. The Hall–Kier alpha value is -3.94. The fraction of sp³-hybridized carbons (Fsp3) is 0.182. The highest BCUT2D eigenvalue weighted by Gasteiger charge is 2.12. The van der Waals surface area contributed by atoms with Gasteiger partial charge in [-0.15, -0.1) is 15.3 Å². The number of aryl methyl sites for hydroxylation is 1. The maximum absolute atomic E-state index is 12.3. The summed E-state index contributed by atoms with van der Waals surface area (Å²) in [7, 11) is 1.61. The third kappa shape index (κ3) is 4.07. The lowest BCUT2D eigenvalue weighted by atomic mass is 10.1. The Kier molecular flexibility index (Phi) is 5.56. The lowest BCUT2D eigenvalue weighted by Gasteiger charge is -2.09. The van der Waals surface area contributed by atoms with Crippen molar-refractivity contribution >= 4 is 11.6 Å². The average molecular weight is 403 g/mol. The van der Waals surface area contributed by atoms with Crippen molar-refractivity contribution in [3.63, 3.8) is 0 Å². The van der Waals surface area contributed by atoms with Gasteiger partial charge in [0.1, 0.15) is 12.4 Å². The minimum absolute atomic E-state index is 0.126. The van der Waals surface area contributed by atoms with Crippen LogP contribution in [0.3, 0.4) is 0 Å². The van der Waals surface area contributed by atoms with Crippen molar-refractivity contribution in [1.82, 2.24) is 25.1 Å². The van der Waals surface area contributed by atoms with Crippen molar-refractivity contribution in [3.05, 3.63) is 71.8 Å². The molecule has 30 heavy (non-hydrogen) atoms. The standard InChI is InChI=1S/C22H21N5O3/c1-15-6-3-4-9-18(15)22(28)23-12-13-30-20-11-10-19-24-25-21(27(19)26-20)16-7-5-8-17(14-16)29-2/h3-11,14H,12-13H2,1-2H3,(H,23,28). The highest BCUT2D eigenvalue weighted by Crippen LogP contribution is 2.23. The van der Waals surface area contributed by atoms with E-state index >= 15 is 0 Å². The van der Waals surface area contributed by atoms with E-state index in [4.69, 9.17) is 9.47 Å². The van der Waals surface area contributed by atoms with Gasteiger partial charge in [-0.1, -0.05) is 30.3 Å². The molecule has 8 heteroatoms. The Morgan fingerprint density at radius 3 is 2.77 bits per heavy atom. The summed E-state index contributed by atoms with van der Waals surface area (Å²) < 4.78 is 12.6. The first kappa shape index (κ1) is 19.4. The number of carbonyl (C=O) groups excluding carboxylic acids is 1. The lowest BCUT2D eigenvalue weighted by Crippen LogP contribution is -2.28. The van der Waals surface area contributed by atoms with E-state index in [1.807, 2.05) is 49.4 Å². The van der Waals surface area contributed by atoms with E-state index in [0.29, 0.717) is 29.5 Å². The Morgan fingerprint density at radius 2 is 1.93 bits per heavy atom. The molecule has 2 heterocycles. The third-order valence-electron chi connectivity index (χ3n) is 4.59. The Morgan fingerprint density at radius 1 is 1.07 bits per heavy atom. The summed E-state index contributed by atoms with van der Waals surface area (Å²) in [5.74, 6) is 1.60. The van der Waals surface area contributed by atoms with Crippen molar-refractivity contribution < 1.29 is 14.3 Å². The molecule has 0 bridgehead atoms. The number of carbonyl (C=O) groups is 1. The second-order valence-electron chi connectivity index (χ2n) is 6.62. The molecule has 0 spiro atoms. The first-order valence-corrected chi connectivity index (χ1v) is 9.49. The molecule has 4 rings (SSSR count). The maximum Gasteiger partial charge on any atom is 0.251 e. The molecule has 8 nitrogen and oxygen atoms in total. The summed E-state index contributed by atoms with van der Waals surface area (Å²) in [6.45, 7) is 2.55. The normalized spacial score (nSPS) is 10.7. The fourth-order valence-corrected chi connectivity index (χ4v) is 3.03. The molecule has 0 unspecified atom stereocenters. The van der Waals surface area contributed by atoms with Gasteiger partial charge in [0.15, 0.2) is 11.5 Å². The van der Waals surface area contributed by atoms with Crippen LogP contribution in [0.2, 0.25) is 0 Å². The molecule has 2 aromatic heterocycles. The van der Waals surface area contributed by atoms with Gasteiger partial charge >= 0.3 is 0 Å². The predicted molar refractivity (Wildman–Crippen MR) is 112 cm³/mol. The zero-order chi connectivity index (χ0) is 20.9. The second kappa shape index (κ2) is 8.60. The monoisotopic (exact) mass is 403 g/mol. The second-order valence-corrected chi connectivity index (χ2v) is 6.62. The highest BCUT2D eigenvalue weighted by molar-refractivity contribution is 5.95. The highest BCUT2D eigenvalue weighted by atomic mass is 16.5. The third-order valence-corrected chi connectivity index (χ3v) is 4.59. The first-order chi connectivity index (χ1) is 14.7. The first-order valence-electron chi connectivity index (χ1n) is 9.49. The van der Waals surface area contributed by atoms with E-state index in [2.05, 4.69) is 20.6 Å². The van der Waals surface area contributed by atoms with Gasteiger partial charge in [-0.3, -0.25) is 4.79 Å². The van der Waals surface area contributed by atoms with Crippen LogP contribution in [0.5, 0.6) is 11.6 Å². The summed E-state index contributed by atoms with van der Waals surface area (Å²) >= 11 is 0. The van der Waals surface area contributed by atoms with Crippen LogP contribution in [-0.4, -0.2) is 46.0 Å². The predicted octanol–water partition coefficient (Wildman–Crippen LogP) is 2.92. The minimum Gasteiger partial charge on any atom is -0.497 e. The van der Waals surface area contributed by atoms with Crippen LogP contribution in [0.15, 0.2) is 60.7 Å². The van der Waals surface area contributed by atoms with Gasteiger partial charge in [-0.25, -0.2) is 0 Å². The molecule has 0 aliphatic carbocycles. The van der Waals surface area contributed by atoms with Gasteiger partial charge in [0.2, 0.25) is 5.88 Å². The topological polar surface area (TPSA) is 90.6 Å². The number of ether oxygens (including phenoxy) is 2. The summed E-state index contributed by atoms with van der Waals surface area (Å²) in [5.41, 5.74) is 3.02. The number of hydrogen-bond donors (Lipinski definition) is 1. The van der Waals surface area contributed by atoms with Gasteiger partial charge in [0.25, 0.3) is 5.91 Å². The van der Waals surface area contributed by atoms with Gasteiger partial charge in [0.05, 0.1) is 13.7 Å². The van der Waals surface area contributed by atoms with Gasteiger partial charge in [0, 0.05) is 17.2 Å². The number of benzene rings is 2. The summed E-state index contributed by atoms with van der Waals surface area (Å²) in [6, 6.07) is 18.5. The number of aromatic nitrogens is 4. The van der Waals surface area contributed by atoms with Crippen molar-refractivity contribution in [2.75, 3.05) is 20.3 Å². The maximum atomic E-state index is 12.3. The van der Waals surface area contributed by atoms with Crippen LogP contribution in [0, 0.1) is 6.92 Å². The van der Waals surface area contributed by atoms with Crippen LogP contribution >= 0.6 is 0 Å². The quantitative estimate of drug-likeness (QED) is 0.477. The van der Waals surface area contributed by atoms with Gasteiger partial charge in [-0.05, 0) is 36.8 Å². The van der Waals surface area contributed by atoms with Crippen molar-refractivity contribution in [2.24, 2.45) is 0 Å². The number of rotatable bonds is 7. The molecular formula is C22H21N5O3. The van der Waals surface area contributed by atoms with E-state index in [-0.39, 0.29) is 12.5 Å². The molecule has 0 aliphatic heterocycles. The molecule has 0 atom stereocenters. The van der Waals surface area contributed by atoms with Crippen LogP contribution in [0.4, 0.5) is 0 Å². The van der Waals surface area contributed by atoms with Crippen LogP contribution in [0.25, 0.3) is 17.0 Å². The molecule has 4 aromatic rings. The Balaban J connectivity index is 1.42. The molecule has 0 fully saturated rings. The van der Waals surface area contributed by atoms with Crippen LogP contribution in [-0.2, 0) is 0 Å². The number of nitrogens with zero attached hydrogens (tertiary/aromatic N) is 4. The Bertz CT molecular complexity index is 1190.